The van der Waals surface area contributed by atoms with Crippen LogP contribution in [0, 0.1) is 0 Å². The van der Waals surface area contributed by atoms with Crippen LogP contribution in [0.5, 0.6) is 11.5 Å². The lowest BCUT2D eigenvalue weighted by atomic mass is 9.94. The second-order valence-electron chi connectivity index (χ2n) is 33.0. The van der Waals surface area contributed by atoms with Crippen molar-refractivity contribution in [3.8, 4) is 11.5 Å². The van der Waals surface area contributed by atoms with Crippen LogP contribution in [0.15, 0.2) is 46.6 Å². The molecule has 2 aromatic carbocycles. The number of rotatable bonds is 30. The molecule has 2 fully saturated rings. The first-order valence-corrected chi connectivity index (χ1v) is 36.3. The number of carbonyl (C=O) groups is 10. The van der Waals surface area contributed by atoms with Gasteiger partial charge in [-0.1, -0.05) is 12.8 Å². The molecule has 2 aliphatic rings. The number of benzene rings is 2. The number of esters is 2. The van der Waals surface area contributed by atoms with E-state index in [9.17, 15) is 47.9 Å². The van der Waals surface area contributed by atoms with Gasteiger partial charge in [-0.15, -0.1) is 0 Å². The fourth-order valence-corrected chi connectivity index (χ4v) is 11.4. The first kappa shape index (κ1) is 89.8. The Hall–Kier alpha value is -8.86. The number of ether oxygens (including phenoxy) is 8. The third-order valence-electron chi connectivity index (χ3n) is 15.7. The molecule has 2 atom stereocenters. The monoisotopic (exact) mass is 1530 g/mol. The van der Waals surface area contributed by atoms with E-state index in [1.807, 2.05) is 0 Å². The number of aromatic nitrogens is 2. The van der Waals surface area contributed by atoms with E-state index in [0.717, 1.165) is 24.5 Å². The predicted molar refractivity (Wildman–Crippen MR) is 387 cm³/mol. The molecule has 1 aromatic heterocycles. The molecule has 2 saturated heterocycles. The summed E-state index contributed by atoms with van der Waals surface area (Å²) in [6.07, 6.45) is -16.1. The van der Waals surface area contributed by atoms with Crippen molar-refractivity contribution in [3.05, 3.63) is 81.4 Å². The molecule has 3 heterocycles. The number of aliphatic imine (C=N–C) groups is 2. The van der Waals surface area contributed by atoms with Crippen molar-refractivity contribution in [1.29, 1.82) is 0 Å². The summed E-state index contributed by atoms with van der Waals surface area (Å²) in [7, 11) is 0. The molecular formula is C78H106F6N6O18. The molecule has 0 aliphatic carbocycles. The number of ketones is 4. The second-order valence-corrected chi connectivity index (χ2v) is 33.0. The molecule has 0 radical (unpaired) electrons. The van der Waals surface area contributed by atoms with Gasteiger partial charge in [0.25, 0.3) is 0 Å². The molecule has 2 aliphatic heterocycles. The van der Waals surface area contributed by atoms with Crippen molar-refractivity contribution in [2.75, 3.05) is 26.2 Å². The van der Waals surface area contributed by atoms with E-state index >= 15 is 26.3 Å². The Morgan fingerprint density at radius 3 is 1.02 bits per heavy atom. The van der Waals surface area contributed by atoms with Crippen LogP contribution in [0.1, 0.15) is 269 Å². The molecule has 0 saturated carbocycles. The molecule has 0 spiro atoms. The van der Waals surface area contributed by atoms with Gasteiger partial charge < -0.3 is 47.7 Å². The van der Waals surface area contributed by atoms with Crippen LogP contribution in [0.25, 0.3) is 0 Å². The maximum atomic E-state index is 15.1. The average molecular weight is 1530 g/mol. The summed E-state index contributed by atoms with van der Waals surface area (Å²) in [5, 5.41) is 0. The van der Waals surface area contributed by atoms with Crippen LogP contribution in [0.2, 0.25) is 0 Å². The lowest BCUT2D eigenvalue weighted by molar-refractivity contribution is -0.154. The molecule has 24 nitrogen and oxygen atoms in total. The van der Waals surface area contributed by atoms with E-state index in [0.29, 0.717) is 37.8 Å². The highest BCUT2D eigenvalue weighted by Gasteiger charge is 2.39. The number of nitrogens with zero attached hydrogens (tertiary/aromatic N) is 6. The van der Waals surface area contributed by atoms with Crippen molar-refractivity contribution < 1.29 is 112 Å². The molecule has 5 rings (SSSR count). The van der Waals surface area contributed by atoms with Gasteiger partial charge >= 0.3 is 48.7 Å². The smallest absolute Gasteiger partial charge is 0.434 e. The number of amides is 4. The minimum Gasteiger partial charge on any atom is -0.488 e. The zero-order valence-corrected chi connectivity index (χ0v) is 65.5. The van der Waals surface area contributed by atoms with E-state index in [1.165, 1.54) is 9.80 Å². The van der Waals surface area contributed by atoms with E-state index < -0.39 is 166 Å². The highest BCUT2D eigenvalue weighted by Crippen LogP contribution is 2.40. The van der Waals surface area contributed by atoms with Gasteiger partial charge in [0.05, 0.1) is 37.1 Å². The number of carbonyl (C=O) groups excluding carboxylic acids is 10. The van der Waals surface area contributed by atoms with E-state index in [-0.39, 0.29) is 136 Å². The third kappa shape index (κ3) is 32.9. The fourth-order valence-electron chi connectivity index (χ4n) is 11.4. The molecule has 0 bridgehead atoms. The first-order chi connectivity index (χ1) is 49.6. The maximum Gasteiger partial charge on any atom is 0.434 e. The number of halogens is 6. The summed E-state index contributed by atoms with van der Waals surface area (Å²) in [5.74, 6) is -4.88. The summed E-state index contributed by atoms with van der Waals surface area (Å²) in [6.45, 7) is 29.9. The summed E-state index contributed by atoms with van der Waals surface area (Å²) >= 11 is 0. The van der Waals surface area contributed by atoms with Gasteiger partial charge in [0.2, 0.25) is 0 Å². The molecule has 30 heteroatoms. The average Bonchev–Trinajstić information content (AvgIpc) is 1.02. The Kier molecular flexibility index (Phi) is 31.2. The maximum absolute atomic E-state index is 15.1. The third-order valence-corrected chi connectivity index (χ3v) is 15.7. The van der Waals surface area contributed by atoms with Crippen LogP contribution in [0.3, 0.4) is 0 Å². The molecule has 0 N–H and O–H groups in total. The zero-order chi connectivity index (χ0) is 81.3. The van der Waals surface area contributed by atoms with Crippen molar-refractivity contribution >= 4 is 70.9 Å². The minimum absolute atomic E-state index is 0.102. The Morgan fingerprint density at radius 1 is 0.407 bits per heavy atom. The Morgan fingerprint density at radius 2 is 0.713 bits per heavy atom. The lowest BCUT2D eigenvalue weighted by Gasteiger charge is -2.25. The Bertz CT molecular complexity index is 3570. The van der Waals surface area contributed by atoms with Crippen molar-refractivity contribution in [2.24, 2.45) is 9.98 Å². The number of hydrogen-bond donors (Lipinski definition) is 0. The minimum atomic E-state index is -5.06. The first-order valence-electron chi connectivity index (χ1n) is 36.3. The second kappa shape index (κ2) is 37.5. The number of likely N-dealkylation sites (tertiary alicyclic amines) is 2. The van der Waals surface area contributed by atoms with Gasteiger partial charge in [0, 0.05) is 98.1 Å². The van der Waals surface area contributed by atoms with Gasteiger partial charge in [-0.05, 0) is 193 Å². The molecule has 598 valence electrons. The standard InChI is InChI=1S/C78H106F6N6O18/c1-71(2,3)103-63(95)41-53(87-67(97)105-73(7,8)9)25-21-19-23-27-55(91)37-47-33-51(77(79,80)81)35-49(65(47)101-57-29-31-89(44-57)69(99)107-75(13,14)15)39-61(93)59-43-60(86-46-85-59)62(94)40-50-36-52(78(82,83)84)34-48(66(50)102-58-30-32-90(45-58)70(100)108-76(16,17)18)38-56(92)28-24-20-22-26-54(42-64(96)104-72(4,5)6)88-68(98)106-74(10,11)12/h33-36,43,46,57-58H,19-32,37-42,44-45H2,1-18H3/t57-,58-/m1/s1. The van der Waals surface area contributed by atoms with Crippen molar-refractivity contribution in [3.63, 3.8) is 0 Å². The van der Waals surface area contributed by atoms with E-state index in [2.05, 4.69) is 20.0 Å². The van der Waals surface area contributed by atoms with Crippen molar-refractivity contribution in [1.82, 2.24) is 19.8 Å². The van der Waals surface area contributed by atoms with Crippen molar-refractivity contribution in [2.45, 2.75) is 298 Å². The molecule has 108 heavy (non-hydrogen) atoms. The van der Waals surface area contributed by atoms with Gasteiger partial charge in [-0.3, -0.25) is 28.8 Å². The number of alkyl halides is 6. The number of hydrogen-bond acceptors (Lipinski definition) is 20. The molecular weight excluding hydrogens is 1420 g/mol. The van der Waals surface area contributed by atoms with Crippen LogP contribution in [-0.4, -0.2) is 163 Å². The molecule has 0 unspecified atom stereocenters. The van der Waals surface area contributed by atoms with Crippen LogP contribution < -0.4 is 9.47 Å². The Labute approximate surface area is 627 Å². The van der Waals surface area contributed by atoms with Gasteiger partial charge in [-0.25, -0.2) is 29.1 Å². The molecule has 3 aromatic rings. The topological polar surface area (TPSA) is 302 Å². The number of Topliss-reactive ketones (excluding diaryl/α,β-unsaturated/α-hetero) is 4. The molecule has 4 amide bonds. The summed E-state index contributed by atoms with van der Waals surface area (Å²) in [4.78, 5) is 153. The van der Waals surface area contributed by atoms with Gasteiger partial charge in [0.15, 0.2) is 11.6 Å². The van der Waals surface area contributed by atoms with E-state index in [4.69, 9.17) is 37.9 Å². The number of unbranched alkanes of at least 4 members (excludes halogenated alkanes) is 4. The fraction of sp³-hybridized carbons (Fsp3) is 0.641. The van der Waals surface area contributed by atoms with Crippen LogP contribution >= 0.6 is 0 Å². The van der Waals surface area contributed by atoms with Crippen LogP contribution in [0.4, 0.5) is 45.5 Å². The quantitative estimate of drug-likeness (QED) is 0.0149. The largest absolute Gasteiger partial charge is 0.488 e. The normalized spacial score (nSPS) is 15.7. The summed E-state index contributed by atoms with van der Waals surface area (Å²) in [5.41, 5.74) is -9.69. The van der Waals surface area contributed by atoms with Crippen LogP contribution in [-0.2, 0) is 85.6 Å². The zero-order valence-electron chi connectivity index (χ0n) is 65.5. The lowest BCUT2D eigenvalue weighted by Crippen LogP contribution is -2.36. The Balaban J connectivity index is 1.47. The predicted octanol–water partition coefficient (Wildman–Crippen LogP) is 16.5. The van der Waals surface area contributed by atoms with Gasteiger partial charge in [-0.2, -0.15) is 36.3 Å². The highest BCUT2D eigenvalue weighted by molar-refractivity contribution is 6.04. The summed E-state index contributed by atoms with van der Waals surface area (Å²) < 4.78 is 136. The summed E-state index contributed by atoms with van der Waals surface area (Å²) in [6, 6.07) is 3.74. The highest BCUT2D eigenvalue weighted by atomic mass is 19.4. The van der Waals surface area contributed by atoms with E-state index in [1.54, 1.807) is 125 Å². The SMILES string of the molecule is CC(C)(C)OC(=O)CC(CCCCCC(=O)Cc1cc(C(F)(F)F)cc(CC(=O)c2cc(C(=O)Cc3cc(C(F)(F)F)cc(CC(=O)CCCCCC(CC(=O)OC(C)(C)C)=NC(=O)OC(C)(C)C)c3O[C@@H]3CCN(C(=O)OC(C)(C)C)C3)ncn2)c1O[C@@H]1CCN(C(=O)OC(C)(C)C)C1)=NC(=O)OC(C)(C)C. The van der Waals surface area contributed by atoms with Gasteiger partial charge in [0.1, 0.15) is 86.6 Å².